The van der Waals surface area contributed by atoms with Gasteiger partial charge in [0.1, 0.15) is 0 Å². The number of benzene rings is 5. The van der Waals surface area contributed by atoms with E-state index in [0.29, 0.717) is 71.0 Å². The summed E-state index contributed by atoms with van der Waals surface area (Å²) >= 11 is 0. The molecule has 8 heteroatoms. The van der Waals surface area contributed by atoms with Crippen molar-refractivity contribution in [2.24, 2.45) is 35.1 Å². The van der Waals surface area contributed by atoms with Crippen LogP contribution in [0.2, 0.25) is 0 Å². The van der Waals surface area contributed by atoms with Crippen LogP contribution in [0.3, 0.4) is 0 Å². The number of rotatable bonds is 6. The molecule has 2 fully saturated rings. The van der Waals surface area contributed by atoms with Gasteiger partial charge in [0.15, 0.2) is 0 Å². The molecule has 4 aliphatic rings. The van der Waals surface area contributed by atoms with Crippen molar-refractivity contribution in [1.29, 1.82) is 0 Å². The second-order valence-corrected chi connectivity index (χ2v) is 14.9. The first-order chi connectivity index (χ1) is 23.4. The maximum Gasteiger partial charge on any atom is 0.261 e. The lowest BCUT2D eigenvalue weighted by Gasteiger charge is -2.35. The van der Waals surface area contributed by atoms with Crippen molar-refractivity contribution in [3.63, 3.8) is 0 Å². The molecule has 9 rings (SSSR count). The maximum atomic E-state index is 14.0. The summed E-state index contributed by atoms with van der Waals surface area (Å²) in [5, 5.41) is 6.78. The van der Waals surface area contributed by atoms with Crippen molar-refractivity contribution in [1.82, 2.24) is 9.80 Å². The van der Waals surface area contributed by atoms with Crippen LogP contribution in [-0.4, -0.2) is 59.6 Å². The molecule has 4 amide bonds. The number of fused-ring (bicyclic) bond motifs is 2. The summed E-state index contributed by atoms with van der Waals surface area (Å²) in [6, 6.07) is 15.3. The van der Waals surface area contributed by atoms with Crippen LogP contribution in [0.5, 0.6) is 0 Å². The molecule has 4 unspecified atom stereocenters. The molecule has 4 N–H and O–H groups in total. The highest BCUT2D eigenvalue weighted by Gasteiger charge is 2.39. The van der Waals surface area contributed by atoms with E-state index in [9.17, 15) is 19.2 Å². The minimum absolute atomic E-state index is 0.242. The zero-order valence-electron chi connectivity index (χ0n) is 27.1. The molecular formula is C40H40N4O4. The van der Waals surface area contributed by atoms with E-state index in [1.807, 2.05) is 48.5 Å². The molecule has 48 heavy (non-hydrogen) atoms. The molecule has 4 atom stereocenters. The van der Waals surface area contributed by atoms with E-state index in [0.717, 1.165) is 83.7 Å². The molecule has 2 aliphatic carbocycles. The first-order valence-corrected chi connectivity index (χ1v) is 17.7. The lowest BCUT2D eigenvalue weighted by molar-refractivity contribution is 0.0549. The van der Waals surface area contributed by atoms with Crippen LogP contribution in [-0.2, 0) is 0 Å². The smallest absolute Gasteiger partial charge is 0.261 e. The van der Waals surface area contributed by atoms with Crippen LogP contribution in [0, 0.1) is 23.7 Å². The molecule has 5 aromatic carbocycles. The Bertz CT molecular complexity index is 1930. The van der Waals surface area contributed by atoms with Crippen molar-refractivity contribution >= 4 is 66.7 Å². The minimum Gasteiger partial charge on any atom is -0.330 e. The quantitative estimate of drug-likeness (QED) is 0.125. The van der Waals surface area contributed by atoms with Crippen LogP contribution < -0.4 is 11.5 Å². The van der Waals surface area contributed by atoms with Crippen molar-refractivity contribution in [3.8, 4) is 0 Å². The second kappa shape index (κ2) is 11.1. The summed E-state index contributed by atoms with van der Waals surface area (Å²) < 4.78 is 0. The van der Waals surface area contributed by atoms with Gasteiger partial charge in [-0.05, 0) is 132 Å². The number of carbonyl (C=O) groups is 4. The first-order valence-electron chi connectivity index (χ1n) is 17.7. The predicted molar refractivity (Wildman–Crippen MR) is 187 cm³/mol. The van der Waals surface area contributed by atoms with E-state index in [1.165, 1.54) is 9.80 Å². The Hall–Kier alpha value is -4.40. The molecule has 8 nitrogen and oxygen atoms in total. The third-order valence-corrected chi connectivity index (χ3v) is 12.1. The molecule has 2 aliphatic heterocycles. The van der Waals surface area contributed by atoms with Crippen LogP contribution in [0.15, 0.2) is 48.5 Å². The number of amides is 4. The fourth-order valence-electron chi connectivity index (χ4n) is 9.78. The van der Waals surface area contributed by atoms with Gasteiger partial charge in [0.25, 0.3) is 23.6 Å². The normalized spacial score (nSPS) is 24.6. The van der Waals surface area contributed by atoms with Crippen molar-refractivity contribution in [3.05, 3.63) is 70.8 Å². The van der Waals surface area contributed by atoms with Gasteiger partial charge in [-0.25, -0.2) is 0 Å². The van der Waals surface area contributed by atoms with E-state index in [4.69, 9.17) is 11.5 Å². The van der Waals surface area contributed by atoms with Crippen LogP contribution in [0.25, 0.3) is 43.1 Å². The van der Waals surface area contributed by atoms with Gasteiger partial charge in [0.2, 0.25) is 0 Å². The average Bonchev–Trinajstić information content (AvgIpc) is 3.12. The number of hydrogen-bond donors (Lipinski definition) is 2. The highest BCUT2D eigenvalue weighted by Crippen LogP contribution is 2.46. The molecule has 244 valence electrons. The lowest BCUT2D eigenvalue weighted by atomic mass is 9.79. The molecular weight excluding hydrogens is 600 g/mol. The Kier molecular flexibility index (Phi) is 6.85. The number of carbonyl (C=O) groups excluding carboxylic acids is 4. The van der Waals surface area contributed by atoms with Crippen molar-refractivity contribution in [2.45, 2.75) is 51.4 Å². The Morgan fingerprint density at radius 3 is 1.08 bits per heavy atom. The SMILES string of the molecule is NCC1CCCC(CN2C(=O)c3ccc4c5ccc6c7c(ccc(c8ccc(c3c48)C2=O)c75)C(=O)N(CC2CCCC(CN)C2)C6=O)C1. The summed E-state index contributed by atoms with van der Waals surface area (Å²) in [5.74, 6) is 0.431. The number of hydrogen-bond acceptors (Lipinski definition) is 6. The molecule has 0 saturated heterocycles. The van der Waals surface area contributed by atoms with Crippen LogP contribution >= 0.6 is 0 Å². The third-order valence-electron chi connectivity index (χ3n) is 12.1. The molecule has 2 heterocycles. The van der Waals surface area contributed by atoms with Gasteiger partial charge in [-0.3, -0.25) is 29.0 Å². The standard InChI is InChI=1S/C40H40N4O4/c41-17-21-3-1-5-23(15-21)19-43-37(45)29-11-7-25-27-9-13-31-36-32(40(48)44(39(31)47)20-24-6-2-4-22(16-24)18-42)14-10-28(34(27)36)26-8-12-30(38(43)46)35(29)33(25)26/h7-14,21-24H,1-6,15-20,41-42H2. The van der Waals surface area contributed by atoms with Gasteiger partial charge in [0.05, 0.1) is 0 Å². The second-order valence-electron chi connectivity index (χ2n) is 14.9. The zero-order valence-corrected chi connectivity index (χ0v) is 27.1. The van der Waals surface area contributed by atoms with Gasteiger partial charge >= 0.3 is 0 Å². The van der Waals surface area contributed by atoms with Gasteiger partial charge in [-0.2, -0.15) is 0 Å². The van der Waals surface area contributed by atoms with E-state index in [2.05, 4.69) is 0 Å². The summed E-state index contributed by atoms with van der Waals surface area (Å²) in [4.78, 5) is 59.0. The van der Waals surface area contributed by atoms with Crippen molar-refractivity contribution in [2.75, 3.05) is 26.2 Å². The fourth-order valence-corrected chi connectivity index (χ4v) is 9.78. The molecule has 0 bridgehead atoms. The Morgan fingerprint density at radius 2 is 0.771 bits per heavy atom. The summed E-state index contributed by atoms with van der Waals surface area (Å²) in [6.45, 7) is 2.11. The van der Waals surface area contributed by atoms with Gasteiger partial charge < -0.3 is 11.5 Å². The topological polar surface area (TPSA) is 127 Å². The van der Waals surface area contributed by atoms with Crippen LogP contribution in [0.1, 0.15) is 92.8 Å². The Balaban J connectivity index is 1.15. The molecule has 2 saturated carbocycles. The first kappa shape index (κ1) is 29.7. The van der Waals surface area contributed by atoms with Gasteiger partial charge in [0, 0.05) is 46.1 Å². The van der Waals surface area contributed by atoms with E-state index >= 15 is 0 Å². The number of nitrogens with two attached hydrogens (primary N) is 2. The zero-order chi connectivity index (χ0) is 32.8. The summed E-state index contributed by atoms with van der Waals surface area (Å²) in [7, 11) is 0. The monoisotopic (exact) mass is 640 g/mol. The Labute approximate surface area is 278 Å². The van der Waals surface area contributed by atoms with Gasteiger partial charge in [-0.15, -0.1) is 0 Å². The number of nitrogens with zero attached hydrogens (tertiary/aromatic N) is 2. The van der Waals surface area contributed by atoms with E-state index in [1.54, 1.807) is 0 Å². The molecule has 0 radical (unpaired) electrons. The molecule has 5 aromatic rings. The predicted octanol–water partition coefficient (Wildman–Crippen LogP) is 6.46. The summed E-state index contributed by atoms with van der Waals surface area (Å²) in [5.41, 5.74) is 14.1. The van der Waals surface area contributed by atoms with E-state index < -0.39 is 0 Å². The molecule has 0 spiro atoms. The minimum atomic E-state index is -0.242. The van der Waals surface area contributed by atoms with Crippen molar-refractivity contribution < 1.29 is 19.2 Å². The maximum absolute atomic E-state index is 14.0. The largest absolute Gasteiger partial charge is 0.330 e. The number of imide groups is 2. The average molecular weight is 641 g/mol. The fraction of sp³-hybridized carbons (Fsp3) is 0.400. The third kappa shape index (κ3) is 4.21. The van der Waals surface area contributed by atoms with Gasteiger partial charge in [-0.1, -0.05) is 37.1 Å². The Morgan fingerprint density at radius 1 is 0.458 bits per heavy atom. The van der Waals surface area contributed by atoms with Crippen LogP contribution in [0.4, 0.5) is 0 Å². The molecule has 0 aromatic heterocycles. The summed E-state index contributed by atoms with van der Waals surface area (Å²) in [6.07, 6.45) is 8.23. The highest BCUT2D eigenvalue weighted by molar-refractivity contribution is 6.41. The highest BCUT2D eigenvalue weighted by atomic mass is 16.2. The lowest BCUT2D eigenvalue weighted by Crippen LogP contribution is -2.44. The van der Waals surface area contributed by atoms with E-state index in [-0.39, 0.29) is 35.5 Å².